The molecule has 0 aromatic heterocycles. The summed E-state index contributed by atoms with van der Waals surface area (Å²) in [7, 11) is -2.47. The molecular weight excluding hydrogens is 785 g/mol. The van der Waals surface area contributed by atoms with Gasteiger partial charge in [0.2, 0.25) is 8.32 Å². The Morgan fingerprint density at radius 1 is 0.667 bits per heavy atom. The number of fused-ring (bicyclic) bond motifs is 1. The maximum atomic E-state index is 11.7. The number of hydrogen-bond donors (Lipinski definition) is 2. The average molecular weight is 851 g/mol. The lowest BCUT2D eigenvalue weighted by molar-refractivity contribution is -0.348. The molecule has 0 aliphatic carbocycles. The number of rotatable bonds is 17. The molecule has 3 aromatic carbocycles. The molecule has 13 atom stereocenters. The highest BCUT2D eigenvalue weighted by Gasteiger charge is 2.61. The standard InChI is InChI=1S/C47H66O12Si/c1-29(2)60(30(3)4,31(5)6)59-44-38(49)37(48)40(33(8)54-44)56-45-41(51-26-35-20-14-10-15-21-35)39(32(7)24-52-45)55-46-42-47(28-53-46,27-50-25-34-18-12-9-13-19-34)58-43(57-42)36-22-16-11-17-23-36/h9-23,29-33,37-46,48-49H,24-28H2,1-8H3/t32-,33?,37?,38+,39?,40+,41-,42?,43+,44+,45+,46+,47+/m1/s1. The van der Waals surface area contributed by atoms with E-state index < -0.39 is 81.8 Å². The van der Waals surface area contributed by atoms with Crippen LogP contribution in [0.3, 0.4) is 0 Å². The van der Waals surface area contributed by atoms with E-state index in [2.05, 4.69) is 41.5 Å². The Bertz CT molecular complexity index is 1730. The van der Waals surface area contributed by atoms with Crippen LogP contribution in [-0.4, -0.2) is 106 Å². The predicted octanol–water partition coefficient (Wildman–Crippen LogP) is 7.42. The van der Waals surface area contributed by atoms with E-state index >= 15 is 0 Å². The number of ether oxygens (including phenoxy) is 9. The van der Waals surface area contributed by atoms with Crippen LogP contribution in [0.2, 0.25) is 16.6 Å². The van der Waals surface area contributed by atoms with E-state index in [1.807, 2.05) is 105 Å². The van der Waals surface area contributed by atoms with Crippen molar-refractivity contribution in [1.82, 2.24) is 0 Å². The Balaban J connectivity index is 1.11. The zero-order chi connectivity index (χ0) is 42.6. The number of benzene rings is 3. The Labute approximate surface area is 356 Å². The Morgan fingerprint density at radius 2 is 1.25 bits per heavy atom. The molecule has 7 rings (SSSR count). The van der Waals surface area contributed by atoms with Crippen molar-refractivity contribution in [1.29, 1.82) is 0 Å². The van der Waals surface area contributed by atoms with Gasteiger partial charge in [-0.2, -0.15) is 0 Å². The third-order valence-electron chi connectivity index (χ3n) is 12.7. The number of aliphatic hydroxyl groups excluding tert-OH is 2. The van der Waals surface area contributed by atoms with Crippen molar-refractivity contribution in [3.05, 3.63) is 108 Å². The number of hydrogen-bond acceptors (Lipinski definition) is 12. The van der Waals surface area contributed by atoms with Gasteiger partial charge in [0, 0.05) is 11.5 Å². The summed E-state index contributed by atoms with van der Waals surface area (Å²) in [5.74, 6) is -0.166. The van der Waals surface area contributed by atoms with E-state index in [9.17, 15) is 10.2 Å². The maximum Gasteiger partial charge on any atom is 0.203 e. The molecule has 4 aliphatic rings. The summed E-state index contributed by atoms with van der Waals surface area (Å²) in [4.78, 5) is 0. The van der Waals surface area contributed by atoms with Crippen LogP contribution in [0.5, 0.6) is 0 Å². The average Bonchev–Trinajstić information content (AvgIpc) is 3.77. The van der Waals surface area contributed by atoms with Crippen LogP contribution in [0.25, 0.3) is 0 Å². The first-order chi connectivity index (χ1) is 28.8. The molecule has 4 fully saturated rings. The first-order valence-electron chi connectivity index (χ1n) is 21.7. The first kappa shape index (κ1) is 45.4. The lowest BCUT2D eigenvalue weighted by Gasteiger charge is -2.50. The van der Waals surface area contributed by atoms with Crippen molar-refractivity contribution in [2.75, 3.05) is 19.8 Å². The summed E-state index contributed by atoms with van der Waals surface area (Å²) in [5, 5.41) is 23.3. The molecule has 0 radical (unpaired) electrons. The molecule has 0 amide bonds. The van der Waals surface area contributed by atoms with E-state index in [0.29, 0.717) is 6.61 Å². The lowest BCUT2D eigenvalue weighted by Crippen LogP contribution is -2.64. The van der Waals surface area contributed by atoms with Gasteiger partial charge in [0.25, 0.3) is 0 Å². The molecule has 4 unspecified atom stereocenters. The minimum atomic E-state index is -2.47. The van der Waals surface area contributed by atoms with E-state index in [1.54, 1.807) is 0 Å². The molecule has 4 aliphatic heterocycles. The summed E-state index contributed by atoms with van der Waals surface area (Å²) in [6, 6.07) is 29.7. The monoisotopic (exact) mass is 850 g/mol. The van der Waals surface area contributed by atoms with Crippen LogP contribution >= 0.6 is 0 Å². The summed E-state index contributed by atoms with van der Waals surface area (Å²) in [6.07, 6.45) is -9.84. The predicted molar refractivity (Wildman–Crippen MR) is 226 cm³/mol. The van der Waals surface area contributed by atoms with Gasteiger partial charge in [-0.25, -0.2) is 0 Å². The van der Waals surface area contributed by atoms with Crippen LogP contribution in [0, 0.1) is 5.92 Å². The van der Waals surface area contributed by atoms with Gasteiger partial charge in [0.05, 0.1) is 45.2 Å². The van der Waals surface area contributed by atoms with Crippen LogP contribution in [-0.2, 0) is 60.3 Å². The summed E-state index contributed by atoms with van der Waals surface area (Å²) in [5.41, 5.74) is 2.71. The second kappa shape index (κ2) is 19.8. The molecule has 13 heteroatoms. The van der Waals surface area contributed by atoms with Crippen LogP contribution in [0.15, 0.2) is 91.0 Å². The highest BCUT2D eigenvalue weighted by molar-refractivity contribution is 6.77. The van der Waals surface area contributed by atoms with Crippen LogP contribution in [0.4, 0.5) is 0 Å². The Hall–Kier alpha value is -2.60. The molecule has 4 heterocycles. The maximum absolute atomic E-state index is 11.7. The van der Waals surface area contributed by atoms with Gasteiger partial charge >= 0.3 is 0 Å². The van der Waals surface area contributed by atoms with Gasteiger partial charge in [-0.05, 0) is 34.7 Å². The van der Waals surface area contributed by atoms with Crippen molar-refractivity contribution >= 4 is 8.32 Å². The lowest BCUT2D eigenvalue weighted by atomic mass is 9.95. The van der Waals surface area contributed by atoms with Crippen molar-refractivity contribution in [2.24, 2.45) is 5.92 Å². The summed E-state index contributed by atoms with van der Waals surface area (Å²) < 4.78 is 66.0. The SMILES string of the molecule is CC1O[C@@H](O[Si](C(C)C)(C(C)C)C(C)C)[C@@H](O)C(O)[C@H]1O[C@@H]1OC[C@@H](C)C(O[C@@H]2OC[C@]3(COCc4ccccc4)O[C@@H](c4ccccc4)OC23)[C@H]1OCc1ccccc1. The van der Waals surface area contributed by atoms with E-state index in [0.717, 1.165) is 16.7 Å². The number of aliphatic hydroxyl groups is 2. The highest BCUT2D eigenvalue weighted by Crippen LogP contribution is 2.47. The molecule has 60 heavy (non-hydrogen) atoms. The fraction of sp³-hybridized carbons (Fsp3) is 0.617. The minimum Gasteiger partial charge on any atom is -0.389 e. The normalized spacial score (nSPS) is 34.8. The van der Waals surface area contributed by atoms with Crippen molar-refractivity contribution < 1.29 is 57.3 Å². The van der Waals surface area contributed by atoms with Crippen LogP contribution in [0.1, 0.15) is 78.4 Å². The molecule has 330 valence electrons. The van der Waals surface area contributed by atoms with Gasteiger partial charge in [-0.15, -0.1) is 0 Å². The van der Waals surface area contributed by atoms with Gasteiger partial charge < -0.3 is 57.3 Å². The summed E-state index contributed by atoms with van der Waals surface area (Å²) >= 11 is 0. The highest BCUT2D eigenvalue weighted by atomic mass is 28.4. The van der Waals surface area contributed by atoms with Crippen molar-refractivity contribution in [3.8, 4) is 0 Å². The molecular formula is C47H66O12Si. The third kappa shape index (κ3) is 9.64. The zero-order valence-corrected chi connectivity index (χ0v) is 37.3. The van der Waals surface area contributed by atoms with Gasteiger partial charge in [0.1, 0.15) is 36.1 Å². The smallest absolute Gasteiger partial charge is 0.203 e. The molecule has 0 saturated carbocycles. The van der Waals surface area contributed by atoms with Crippen molar-refractivity contribution in [2.45, 2.75) is 159 Å². The Kier molecular flexibility index (Phi) is 15.0. The topological polar surface area (TPSA) is 133 Å². The summed E-state index contributed by atoms with van der Waals surface area (Å²) in [6.45, 7) is 18.2. The third-order valence-corrected chi connectivity index (χ3v) is 18.8. The fourth-order valence-corrected chi connectivity index (χ4v) is 15.1. The van der Waals surface area contributed by atoms with Gasteiger partial charge in [-0.3, -0.25) is 0 Å². The molecule has 0 bridgehead atoms. The zero-order valence-electron chi connectivity index (χ0n) is 36.3. The van der Waals surface area contributed by atoms with E-state index in [4.69, 9.17) is 47.1 Å². The van der Waals surface area contributed by atoms with Crippen molar-refractivity contribution in [3.63, 3.8) is 0 Å². The minimum absolute atomic E-state index is 0.166. The van der Waals surface area contributed by atoms with Gasteiger partial charge in [-0.1, -0.05) is 139 Å². The van der Waals surface area contributed by atoms with E-state index in [-0.39, 0.29) is 49.0 Å². The Morgan fingerprint density at radius 3 is 1.87 bits per heavy atom. The fourth-order valence-electron chi connectivity index (χ4n) is 9.64. The largest absolute Gasteiger partial charge is 0.389 e. The molecule has 12 nitrogen and oxygen atoms in total. The molecule has 3 aromatic rings. The first-order valence-corrected chi connectivity index (χ1v) is 23.9. The second-order valence-corrected chi connectivity index (χ2v) is 23.3. The van der Waals surface area contributed by atoms with Crippen LogP contribution < -0.4 is 0 Å². The quantitative estimate of drug-likeness (QED) is 0.131. The molecule has 0 spiro atoms. The van der Waals surface area contributed by atoms with E-state index in [1.165, 1.54) is 0 Å². The second-order valence-electron chi connectivity index (χ2n) is 17.9. The molecule has 4 saturated heterocycles. The molecule has 2 N–H and O–H groups in total. The van der Waals surface area contributed by atoms with Gasteiger partial charge in [0.15, 0.2) is 25.2 Å².